The molecule has 0 bridgehead atoms. The van der Waals surface area contributed by atoms with E-state index < -0.39 is 11.5 Å². The van der Waals surface area contributed by atoms with E-state index in [-0.39, 0.29) is 11.0 Å². The zero-order valence-electron chi connectivity index (χ0n) is 15.2. The molecule has 4 nitrogen and oxygen atoms in total. The SMILES string of the molecule is CC(C)(C)c1ccccc1NC(=O)c1c(-c2ccccc2)cc[nH]c1=O. The van der Waals surface area contributed by atoms with E-state index in [2.05, 4.69) is 31.1 Å². The van der Waals surface area contributed by atoms with Gasteiger partial charge in [-0.15, -0.1) is 0 Å². The molecule has 4 heteroatoms. The Morgan fingerprint density at radius 1 is 0.923 bits per heavy atom. The number of amides is 1. The second-order valence-corrected chi connectivity index (χ2v) is 7.21. The van der Waals surface area contributed by atoms with Gasteiger partial charge < -0.3 is 10.3 Å². The van der Waals surface area contributed by atoms with Gasteiger partial charge in [0.25, 0.3) is 11.5 Å². The molecule has 0 fully saturated rings. The van der Waals surface area contributed by atoms with Crippen LogP contribution in [0.25, 0.3) is 11.1 Å². The van der Waals surface area contributed by atoms with Crippen molar-refractivity contribution in [1.29, 1.82) is 0 Å². The molecule has 2 N–H and O–H groups in total. The second kappa shape index (κ2) is 7.00. The first-order valence-electron chi connectivity index (χ1n) is 8.56. The van der Waals surface area contributed by atoms with Gasteiger partial charge in [-0.05, 0) is 28.7 Å². The number of nitrogens with one attached hydrogen (secondary N) is 2. The van der Waals surface area contributed by atoms with Crippen LogP contribution in [-0.2, 0) is 5.41 Å². The lowest BCUT2D eigenvalue weighted by molar-refractivity contribution is 0.102. The van der Waals surface area contributed by atoms with Gasteiger partial charge in [-0.25, -0.2) is 0 Å². The predicted octanol–water partition coefficient (Wildman–Crippen LogP) is 4.59. The van der Waals surface area contributed by atoms with Crippen molar-refractivity contribution < 1.29 is 4.79 Å². The Balaban J connectivity index is 2.05. The number of anilines is 1. The minimum absolute atomic E-state index is 0.113. The fourth-order valence-electron chi connectivity index (χ4n) is 2.99. The minimum Gasteiger partial charge on any atom is -0.328 e. The summed E-state index contributed by atoms with van der Waals surface area (Å²) in [6.45, 7) is 6.26. The van der Waals surface area contributed by atoms with Gasteiger partial charge in [-0.3, -0.25) is 9.59 Å². The highest BCUT2D eigenvalue weighted by Gasteiger charge is 2.21. The number of benzene rings is 2. The lowest BCUT2D eigenvalue weighted by Gasteiger charge is -2.23. The topological polar surface area (TPSA) is 62.0 Å². The molecule has 0 unspecified atom stereocenters. The first kappa shape index (κ1) is 17.7. The van der Waals surface area contributed by atoms with Crippen molar-refractivity contribution in [3.05, 3.63) is 88.3 Å². The van der Waals surface area contributed by atoms with Crippen LogP contribution in [0.4, 0.5) is 5.69 Å². The molecule has 0 saturated heterocycles. The van der Waals surface area contributed by atoms with E-state index in [0.29, 0.717) is 11.3 Å². The van der Waals surface area contributed by atoms with E-state index in [1.54, 1.807) is 12.3 Å². The highest BCUT2D eigenvalue weighted by atomic mass is 16.2. The van der Waals surface area contributed by atoms with Gasteiger partial charge in [-0.2, -0.15) is 0 Å². The summed E-state index contributed by atoms with van der Waals surface area (Å²) in [4.78, 5) is 28.0. The van der Waals surface area contributed by atoms with Gasteiger partial charge in [-0.1, -0.05) is 69.3 Å². The standard InChI is InChI=1S/C22H22N2O2/c1-22(2,3)17-11-7-8-12-18(17)24-21(26)19-16(13-14-23-20(19)25)15-9-5-4-6-10-15/h4-14H,1-3H3,(H,23,25)(H,24,26). The van der Waals surface area contributed by atoms with Gasteiger partial charge >= 0.3 is 0 Å². The van der Waals surface area contributed by atoms with Crippen molar-refractivity contribution in [2.45, 2.75) is 26.2 Å². The maximum absolute atomic E-state index is 13.0. The molecule has 0 spiro atoms. The van der Waals surface area contributed by atoms with Gasteiger partial charge in [0.2, 0.25) is 0 Å². The molecule has 0 atom stereocenters. The minimum atomic E-state index is -0.414. The summed E-state index contributed by atoms with van der Waals surface area (Å²) in [5.41, 5.74) is 2.75. The Morgan fingerprint density at radius 2 is 1.58 bits per heavy atom. The summed E-state index contributed by atoms with van der Waals surface area (Å²) in [6.07, 6.45) is 1.56. The molecule has 1 aromatic heterocycles. The van der Waals surface area contributed by atoms with Gasteiger partial charge in [0, 0.05) is 17.4 Å². The lowest BCUT2D eigenvalue weighted by Crippen LogP contribution is -2.25. The molecule has 0 radical (unpaired) electrons. The largest absolute Gasteiger partial charge is 0.328 e. The van der Waals surface area contributed by atoms with Crippen LogP contribution < -0.4 is 10.9 Å². The van der Waals surface area contributed by atoms with Crippen molar-refractivity contribution in [2.24, 2.45) is 0 Å². The molecule has 3 aromatic rings. The first-order valence-corrected chi connectivity index (χ1v) is 8.56. The maximum Gasteiger partial charge on any atom is 0.261 e. The molecule has 0 aliphatic rings. The number of aromatic amines is 1. The quantitative estimate of drug-likeness (QED) is 0.728. The molecule has 0 saturated carbocycles. The number of pyridine rings is 1. The third kappa shape index (κ3) is 3.59. The van der Waals surface area contributed by atoms with E-state index in [0.717, 1.165) is 11.1 Å². The smallest absolute Gasteiger partial charge is 0.261 e. The molecule has 1 amide bonds. The monoisotopic (exact) mass is 346 g/mol. The summed E-state index contributed by atoms with van der Waals surface area (Å²) in [6, 6.07) is 18.8. The highest BCUT2D eigenvalue weighted by molar-refractivity contribution is 6.08. The summed E-state index contributed by atoms with van der Waals surface area (Å²) >= 11 is 0. The first-order chi connectivity index (χ1) is 12.4. The van der Waals surface area contributed by atoms with Crippen LogP contribution >= 0.6 is 0 Å². The Labute approximate surface area is 152 Å². The Bertz CT molecular complexity index is 983. The molecule has 132 valence electrons. The van der Waals surface area contributed by atoms with Crippen LogP contribution in [-0.4, -0.2) is 10.9 Å². The maximum atomic E-state index is 13.0. The summed E-state index contributed by atoms with van der Waals surface area (Å²) in [7, 11) is 0. The third-order valence-electron chi connectivity index (χ3n) is 4.26. The summed E-state index contributed by atoms with van der Waals surface area (Å²) in [5.74, 6) is -0.414. The number of aromatic nitrogens is 1. The van der Waals surface area contributed by atoms with Crippen molar-refractivity contribution in [3.8, 4) is 11.1 Å². The number of H-pyrrole nitrogens is 1. The Kier molecular flexibility index (Phi) is 4.76. The predicted molar refractivity (Wildman–Crippen MR) is 106 cm³/mol. The molecule has 1 heterocycles. The number of hydrogen-bond donors (Lipinski definition) is 2. The average Bonchev–Trinajstić information content (AvgIpc) is 2.61. The molecule has 0 aliphatic carbocycles. The van der Waals surface area contributed by atoms with Gasteiger partial charge in [0.05, 0.1) is 0 Å². The van der Waals surface area contributed by atoms with Crippen molar-refractivity contribution >= 4 is 11.6 Å². The zero-order valence-corrected chi connectivity index (χ0v) is 15.2. The second-order valence-electron chi connectivity index (χ2n) is 7.21. The normalized spacial score (nSPS) is 11.2. The number of rotatable bonds is 3. The molecule has 26 heavy (non-hydrogen) atoms. The summed E-state index contributed by atoms with van der Waals surface area (Å²) < 4.78 is 0. The number of carbonyl (C=O) groups is 1. The van der Waals surface area contributed by atoms with Crippen LogP contribution in [0.5, 0.6) is 0 Å². The molecule has 2 aromatic carbocycles. The van der Waals surface area contributed by atoms with E-state index >= 15 is 0 Å². The molecular formula is C22H22N2O2. The van der Waals surface area contributed by atoms with E-state index in [4.69, 9.17) is 0 Å². The van der Waals surface area contributed by atoms with E-state index in [1.165, 1.54) is 0 Å². The molecule has 3 rings (SSSR count). The van der Waals surface area contributed by atoms with Gasteiger partial charge in [0.15, 0.2) is 0 Å². The van der Waals surface area contributed by atoms with Crippen LogP contribution in [0.3, 0.4) is 0 Å². The molecular weight excluding hydrogens is 324 g/mol. The third-order valence-corrected chi connectivity index (χ3v) is 4.26. The van der Waals surface area contributed by atoms with Gasteiger partial charge in [0.1, 0.15) is 5.56 Å². The fraction of sp³-hybridized carbons (Fsp3) is 0.182. The fourth-order valence-corrected chi connectivity index (χ4v) is 2.99. The van der Waals surface area contributed by atoms with Crippen LogP contribution in [0.15, 0.2) is 71.7 Å². The van der Waals surface area contributed by atoms with Crippen LogP contribution in [0.2, 0.25) is 0 Å². The number of para-hydroxylation sites is 1. The zero-order chi connectivity index (χ0) is 18.7. The van der Waals surface area contributed by atoms with Crippen molar-refractivity contribution in [2.75, 3.05) is 5.32 Å². The lowest BCUT2D eigenvalue weighted by atomic mass is 9.85. The van der Waals surface area contributed by atoms with E-state index in [1.807, 2.05) is 54.6 Å². The van der Waals surface area contributed by atoms with E-state index in [9.17, 15) is 9.59 Å². The summed E-state index contributed by atoms with van der Waals surface area (Å²) in [5, 5.41) is 2.93. The van der Waals surface area contributed by atoms with Crippen LogP contribution in [0, 0.1) is 0 Å². The highest BCUT2D eigenvalue weighted by Crippen LogP contribution is 2.30. The average molecular weight is 346 g/mol. The molecule has 0 aliphatic heterocycles. The Hall–Kier alpha value is -3.14. The van der Waals surface area contributed by atoms with Crippen molar-refractivity contribution in [1.82, 2.24) is 4.98 Å². The Morgan fingerprint density at radius 3 is 2.27 bits per heavy atom. The number of hydrogen-bond acceptors (Lipinski definition) is 2. The number of carbonyl (C=O) groups excluding carboxylic acids is 1. The van der Waals surface area contributed by atoms with Crippen LogP contribution in [0.1, 0.15) is 36.7 Å². The van der Waals surface area contributed by atoms with Crippen molar-refractivity contribution in [3.63, 3.8) is 0 Å².